The van der Waals surface area contributed by atoms with Crippen molar-refractivity contribution in [1.29, 1.82) is 0 Å². The van der Waals surface area contributed by atoms with Crippen LogP contribution in [0.1, 0.15) is 11.7 Å². The van der Waals surface area contributed by atoms with Gasteiger partial charge in [0, 0.05) is 18.6 Å². The molecular weight excluding hydrogens is 222 g/mol. The first-order valence-electron chi connectivity index (χ1n) is 5.88. The topological polar surface area (TPSA) is 37.3 Å². The van der Waals surface area contributed by atoms with Gasteiger partial charge in [0.15, 0.2) is 0 Å². The molecule has 1 aromatic heterocycles. The van der Waals surface area contributed by atoms with E-state index in [0.29, 0.717) is 0 Å². The van der Waals surface area contributed by atoms with Crippen LogP contribution in [0.15, 0.2) is 66.1 Å². The fourth-order valence-corrected chi connectivity index (χ4v) is 1.98. The molecule has 3 nitrogen and oxygen atoms in total. The minimum atomic E-state index is 0.0109. The molecule has 2 aromatic rings. The predicted octanol–water partition coefficient (Wildman–Crippen LogP) is 2.93. The Labute approximate surface area is 106 Å². The van der Waals surface area contributed by atoms with Crippen LogP contribution in [0.5, 0.6) is 0 Å². The Morgan fingerprint density at radius 3 is 2.67 bits per heavy atom. The first-order chi connectivity index (χ1) is 8.93. The largest absolute Gasteiger partial charge is 0.366 e. The number of pyridine rings is 1. The summed E-state index contributed by atoms with van der Waals surface area (Å²) in [7, 11) is 0. The summed E-state index contributed by atoms with van der Waals surface area (Å²) in [5.41, 5.74) is 3.51. The van der Waals surface area contributed by atoms with Crippen LogP contribution in [0.4, 0.5) is 0 Å². The summed E-state index contributed by atoms with van der Waals surface area (Å²) in [5.74, 6) is 0. The molecule has 0 spiro atoms. The van der Waals surface area contributed by atoms with E-state index in [0.717, 1.165) is 5.56 Å². The number of hydrogen-bond acceptors (Lipinski definition) is 3. The maximum Gasteiger partial charge on any atom is 0.144 e. The van der Waals surface area contributed by atoms with E-state index < -0.39 is 0 Å². The van der Waals surface area contributed by atoms with Crippen molar-refractivity contribution in [1.82, 2.24) is 10.3 Å². The van der Waals surface area contributed by atoms with Gasteiger partial charge in [0.05, 0.1) is 0 Å². The van der Waals surface area contributed by atoms with E-state index in [-0.39, 0.29) is 6.17 Å². The van der Waals surface area contributed by atoms with Gasteiger partial charge in [-0.25, -0.2) is 0 Å². The second kappa shape index (κ2) is 4.84. The molecule has 1 aliphatic rings. The quantitative estimate of drug-likeness (QED) is 0.869. The number of allylic oxidation sites excluding steroid dienone is 1. The average molecular weight is 235 g/mol. The molecule has 0 fully saturated rings. The molecule has 0 bridgehead atoms. The van der Waals surface area contributed by atoms with Gasteiger partial charge in [0.2, 0.25) is 0 Å². The molecule has 18 heavy (non-hydrogen) atoms. The number of rotatable bonds is 2. The smallest absolute Gasteiger partial charge is 0.144 e. The van der Waals surface area contributed by atoms with Gasteiger partial charge in [0.1, 0.15) is 6.17 Å². The highest BCUT2D eigenvalue weighted by Gasteiger charge is 2.09. The number of nitrogens with zero attached hydrogens (tertiary/aromatic N) is 2. The second-order valence-electron chi connectivity index (χ2n) is 4.09. The Morgan fingerprint density at radius 1 is 1.00 bits per heavy atom. The van der Waals surface area contributed by atoms with E-state index in [1.54, 1.807) is 0 Å². The third-order valence-corrected chi connectivity index (χ3v) is 2.89. The van der Waals surface area contributed by atoms with E-state index >= 15 is 0 Å². The third kappa shape index (κ3) is 2.15. The number of hydrogen-bond donors (Lipinski definition) is 1. The van der Waals surface area contributed by atoms with Gasteiger partial charge in [0.25, 0.3) is 0 Å². The van der Waals surface area contributed by atoms with Gasteiger partial charge in [-0.05, 0) is 47.2 Å². The van der Waals surface area contributed by atoms with Crippen molar-refractivity contribution in [3.8, 4) is 11.1 Å². The van der Waals surface area contributed by atoms with Crippen molar-refractivity contribution < 1.29 is 0 Å². The van der Waals surface area contributed by atoms with Gasteiger partial charge in [-0.2, -0.15) is 0 Å². The first-order valence-corrected chi connectivity index (χ1v) is 5.88. The molecule has 0 radical (unpaired) electrons. The lowest BCUT2D eigenvalue weighted by Gasteiger charge is -2.16. The van der Waals surface area contributed by atoms with Crippen molar-refractivity contribution in [2.45, 2.75) is 6.17 Å². The number of benzene rings is 1. The Bertz CT molecular complexity index is 588. The van der Waals surface area contributed by atoms with E-state index in [9.17, 15) is 0 Å². The summed E-state index contributed by atoms with van der Waals surface area (Å²) in [4.78, 5) is 8.44. The minimum Gasteiger partial charge on any atom is -0.366 e. The molecule has 1 N–H and O–H groups in total. The SMILES string of the molecule is C1=CNC(c2cccc(-c3ccncc3)c2)N=C1. The fourth-order valence-electron chi connectivity index (χ4n) is 1.98. The Balaban J connectivity index is 1.94. The van der Waals surface area contributed by atoms with Crippen LogP contribution >= 0.6 is 0 Å². The number of aromatic nitrogens is 1. The van der Waals surface area contributed by atoms with E-state index in [2.05, 4.69) is 39.6 Å². The van der Waals surface area contributed by atoms with Gasteiger partial charge in [-0.15, -0.1) is 0 Å². The van der Waals surface area contributed by atoms with Gasteiger partial charge >= 0.3 is 0 Å². The molecule has 3 rings (SSSR count). The third-order valence-electron chi connectivity index (χ3n) is 2.89. The number of aliphatic imine (C=N–C) groups is 1. The van der Waals surface area contributed by atoms with Crippen LogP contribution < -0.4 is 5.32 Å². The van der Waals surface area contributed by atoms with E-state index in [1.807, 2.05) is 43.0 Å². The Morgan fingerprint density at radius 2 is 1.89 bits per heavy atom. The summed E-state index contributed by atoms with van der Waals surface area (Å²) in [6, 6.07) is 12.4. The van der Waals surface area contributed by atoms with Crippen molar-refractivity contribution >= 4 is 6.21 Å². The second-order valence-corrected chi connectivity index (χ2v) is 4.09. The van der Waals surface area contributed by atoms with Gasteiger partial charge in [-0.3, -0.25) is 9.98 Å². The molecule has 1 aliphatic heterocycles. The first kappa shape index (κ1) is 10.7. The van der Waals surface area contributed by atoms with Crippen LogP contribution in [0.2, 0.25) is 0 Å². The highest BCUT2D eigenvalue weighted by molar-refractivity contribution is 5.72. The van der Waals surface area contributed by atoms with E-state index in [4.69, 9.17) is 0 Å². The molecular formula is C15H13N3. The molecule has 1 unspecified atom stereocenters. The molecule has 0 saturated heterocycles. The predicted molar refractivity (Wildman–Crippen MR) is 73.2 cm³/mol. The summed E-state index contributed by atoms with van der Waals surface area (Å²) >= 11 is 0. The zero-order valence-electron chi connectivity index (χ0n) is 9.82. The van der Waals surface area contributed by atoms with Crippen molar-refractivity contribution in [2.24, 2.45) is 4.99 Å². The highest BCUT2D eigenvalue weighted by Crippen LogP contribution is 2.23. The zero-order chi connectivity index (χ0) is 12.2. The maximum atomic E-state index is 4.40. The normalized spacial score (nSPS) is 17.4. The average Bonchev–Trinajstić information content (AvgIpc) is 2.49. The summed E-state index contributed by atoms with van der Waals surface area (Å²) in [6.45, 7) is 0. The molecule has 2 heterocycles. The van der Waals surface area contributed by atoms with Crippen molar-refractivity contribution in [3.63, 3.8) is 0 Å². The highest BCUT2D eigenvalue weighted by atomic mass is 15.1. The molecule has 88 valence electrons. The lowest BCUT2D eigenvalue weighted by molar-refractivity contribution is 0.653. The van der Waals surface area contributed by atoms with Crippen LogP contribution in [0.25, 0.3) is 11.1 Å². The molecule has 0 aliphatic carbocycles. The molecule has 0 amide bonds. The molecule has 1 aromatic carbocycles. The number of nitrogens with one attached hydrogen (secondary N) is 1. The molecule has 1 atom stereocenters. The minimum absolute atomic E-state index is 0.0109. The Hall–Kier alpha value is -2.42. The molecule has 0 saturated carbocycles. The van der Waals surface area contributed by atoms with Crippen LogP contribution in [-0.2, 0) is 0 Å². The van der Waals surface area contributed by atoms with Gasteiger partial charge < -0.3 is 5.32 Å². The zero-order valence-corrected chi connectivity index (χ0v) is 9.82. The van der Waals surface area contributed by atoms with Crippen molar-refractivity contribution in [3.05, 3.63) is 66.6 Å². The lowest BCUT2D eigenvalue weighted by Crippen LogP contribution is -2.15. The monoisotopic (exact) mass is 235 g/mol. The van der Waals surface area contributed by atoms with Crippen LogP contribution in [0.3, 0.4) is 0 Å². The fraction of sp³-hybridized carbons (Fsp3) is 0.0667. The van der Waals surface area contributed by atoms with Crippen LogP contribution in [0, 0.1) is 0 Å². The summed E-state index contributed by atoms with van der Waals surface area (Å²) < 4.78 is 0. The lowest BCUT2D eigenvalue weighted by atomic mass is 10.0. The van der Waals surface area contributed by atoms with Crippen LogP contribution in [-0.4, -0.2) is 11.2 Å². The molecule has 3 heteroatoms. The van der Waals surface area contributed by atoms with E-state index in [1.165, 1.54) is 11.1 Å². The standard InChI is InChI=1S/C15H13N3/c1-3-13(12-5-9-16-10-6-12)11-14(4-1)15-17-7-2-8-18-15/h1-11,15,17H. The van der Waals surface area contributed by atoms with Crippen molar-refractivity contribution in [2.75, 3.05) is 0 Å². The maximum absolute atomic E-state index is 4.40. The van der Waals surface area contributed by atoms with Gasteiger partial charge in [-0.1, -0.05) is 18.2 Å². The Kier molecular flexibility index (Phi) is 2.88. The summed E-state index contributed by atoms with van der Waals surface area (Å²) in [5, 5.41) is 3.22. The summed E-state index contributed by atoms with van der Waals surface area (Å²) in [6.07, 6.45) is 9.25.